The van der Waals surface area contributed by atoms with Crippen molar-refractivity contribution in [3.05, 3.63) is 54.2 Å². The molecule has 3 aromatic rings. The maximum absolute atomic E-state index is 12.4. The molecular weight excluding hydrogens is 323 g/mol. The van der Waals surface area contributed by atoms with Crippen LogP contribution in [0, 0.1) is 0 Å². The lowest BCUT2D eigenvalue weighted by molar-refractivity contribution is -0.159. The van der Waals surface area contributed by atoms with E-state index in [1.54, 1.807) is 0 Å². The van der Waals surface area contributed by atoms with E-state index in [-0.39, 0.29) is 17.4 Å². The van der Waals surface area contributed by atoms with E-state index in [9.17, 15) is 13.2 Å². The molecule has 0 radical (unpaired) electrons. The van der Waals surface area contributed by atoms with Gasteiger partial charge in [0, 0.05) is 12.4 Å². The van der Waals surface area contributed by atoms with Crippen LogP contribution in [0.3, 0.4) is 0 Å². The lowest BCUT2D eigenvalue weighted by Crippen LogP contribution is -2.09. The number of anilines is 1. The van der Waals surface area contributed by atoms with Gasteiger partial charge in [-0.2, -0.15) is 18.2 Å². The molecule has 2 aromatic heterocycles. The Balaban J connectivity index is 1.73. The van der Waals surface area contributed by atoms with Crippen molar-refractivity contribution in [2.24, 2.45) is 0 Å². The summed E-state index contributed by atoms with van der Waals surface area (Å²) < 4.78 is 41.5. The Bertz CT molecular complexity index is 802. The minimum absolute atomic E-state index is 0.0287. The number of rotatable bonds is 4. The molecule has 0 spiro atoms. The van der Waals surface area contributed by atoms with E-state index in [0.29, 0.717) is 5.95 Å². The highest BCUT2D eigenvalue weighted by molar-refractivity contribution is 5.52. The smallest absolute Gasteiger partial charge is 0.348 e. The summed E-state index contributed by atoms with van der Waals surface area (Å²) in [6.45, 7) is 1.95. The van der Waals surface area contributed by atoms with E-state index in [1.807, 2.05) is 37.3 Å². The molecule has 3 rings (SSSR count). The molecule has 1 aromatic carbocycles. The molecule has 1 atom stereocenters. The third-order valence-electron chi connectivity index (χ3n) is 3.22. The molecule has 0 aliphatic carbocycles. The molecule has 1 unspecified atom stereocenters. The number of hydrogen-bond donors (Lipinski definition) is 1. The van der Waals surface area contributed by atoms with E-state index in [2.05, 4.69) is 29.9 Å². The second-order valence-electron chi connectivity index (χ2n) is 4.99. The Morgan fingerprint density at radius 2 is 1.75 bits per heavy atom. The number of halogens is 3. The van der Waals surface area contributed by atoms with Gasteiger partial charge in [-0.15, -0.1) is 0 Å². The highest BCUT2D eigenvalue weighted by atomic mass is 19.4. The van der Waals surface area contributed by atoms with E-state index >= 15 is 0 Å². The van der Waals surface area contributed by atoms with Gasteiger partial charge in [-0.25, -0.2) is 9.97 Å². The normalized spacial score (nSPS) is 12.8. The lowest BCUT2D eigenvalue weighted by Gasteiger charge is -2.13. The van der Waals surface area contributed by atoms with Crippen LogP contribution in [0.4, 0.5) is 19.1 Å². The van der Waals surface area contributed by atoms with Crippen LogP contribution in [-0.2, 0) is 6.18 Å². The van der Waals surface area contributed by atoms with Gasteiger partial charge in [-0.05, 0) is 12.5 Å². The van der Waals surface area contributed by atoms with Crippen molar-refractivity contribution in [2.75, 3.05) is 5.32 Å². The van der Waals surface area contributed by atoms with Crippen LogP contribution >= 0.6 is 0 Å². The first-order chi connectivity index (χ1) is 11.4. The van der Waals surface area contributed by atoms with Crippen LogP contribution < -0.4 is 5.32 Å². The molecular formula is C15H12F3N5O. The zero-order chi connectivity index (χ0) is 17.2. The summed E-state index contributed by atoms with van der Waals surface area (Å²) in [5.41, 5.74) is 1.28. The lowest BCUT2D eigenvalue weighted by atomic mass is 10.1. The quantitative estimate of drug-likeness (QED) is 0.783. The summed E-state index contributed by atoms with van der Waals surface area (Å²) >= 11 is 0. The van der Waals surface area contributed by atoms with Crippen LogP contribution in [0.15, 0.2) is 47.2 Å². The van der Waals surface area contributed by atoms with Crippen molar-refractivity contribution < 1.29 is 17.7 Å². The number of hydrogen-bond acceptors (Lipinski definition) is 6. The van der Waals surface area contributed by atoms with Gasteiger partial charge >= 0.3 is 12.1 Å². The van der Waals surface area contributed by atoms with Crippen molar-refractivity contribution >= 4 is 5.95 Å². The van der Waals surface area contributed by atoms with Gasteiger partial charge < -0.3 is 9.84 Å². The average Bonchev–Trinajstić information content (AvgIpc) is 3.07. The first kappa shape index (κ1) is 15.9. The zero-order valence-corrected chi connectivity index (χ0v) is 12.4. The van der Waals surface area contributed by atoms with E-state index < -0.39 is 12.1 Å². The molecule has 0 bridgehead atoms. The number of nitrogens with zero attached hydrogens (tertiary/aromatic N) is 4. The van der Waals surface area contributed by atoms with Gasteiger partial charge in [0.15, 0.2) is 0 Å². The number of alkyl halides is 3. The number of benzene rings is 1. The third-order valence-corrected chi connectivity index (χ3v) is 3.22. The third kappa shape index (κ3) is 3.50. The second kappa shape index (κ2) is 6.26. The first-order valence-electron chi connectivity index (χ1n) is 6.98. The largest absolute Gasteiger partial charge is 0.471 e. The van der Waals surface area contributed by atoms with Gasteiger partial charge in [-0.1, -0.05) is 35.5 Å². The van der Waals surface area contributed by atoms with Gasteiger partial charge in [0.2, 0.25) is 11.8 Å². The molecule has 6 nitrogen and oxygen atoms in total. The molecule has 124 valence electrons. The van der Waals surface area contributed by atoms with E-state index in [0.717, 1.165) is 5.56 Å². The molecule has 24 heavy (non-hydrogen) atoms. The molecule has 0 saturated carbocycles. The van der Waals surface area contributed by atoms with Gasteiger partial charge in [0.05, 0.1) is 11.6 Å². The maximum atomic E-state index is 12.4. The zero-order valence-electron chi connectivity index (χ0n) is 12.4. The Labute approximate surface area is 134 Å². The SMILES string of the molecule is CC(Nc1ncc(-c2noc(C(F)(F)F)n2)cn1)c1ccccc1. The topological polar surface area (TPSA) is 76.7 Å². The van der Waals surface area contributed by atoms with E-state index in [1.165, 1.54) is 12.4 Å². The molecule has 0 fully saturated rings. The minimum Gasteiger partial charge on any atom is -0.348 e. The van der Waals surface area contributed by atoms with Gasteiger partial charge in [0.25, 0.3) is 0 Å². The molecule has 0 aliphatic heterocycles. The standard InChI is InChI=1S/C15H12F3N5O/c1-9(10-5-3-2-4-6-10)21-14-19-7-11(8-20-14)12-22-13(24-23-12)15(16,17)18/h2-9H,1H3,(H,19,20,21). The fourth-order valence-electron chi connectivity index (χ4n) is 1.99. The van der Waals surface area contributed by atoms with Crippen LogP contribution in [-0.4, -0.2) is 20.1 Å². The average molecular weight is 335 g/mol. The van der Waals surface area contributed by atoms with Crippen LogP contribution in [0.2, 0.25) is 0 Å². The van der Waals surface area contributed by atoms with Crippen LogP contribution in [0.1, 0.15) is 24.4 Å². The summed E-state index contributed by atoms with van der Waals surface area (Å²) in [5.74, 6) is -1.28. The first-order valence-corrected chi connectivity index (χ1v) is 6.98. The second-order valence-corrected chi connectivity index (χ2v) is 4.99. The summed E-state index contributed by atoms with van der Waals surface area (Å²) in [6.07, 6.45) is -2.02. The molecule has 1 N–H and O–H groups in total. The Morgan fingerprint density at radius 1 is 1.08 bits per heavy atom. The van der Waals surface area contributed by atoms with E-state index in [4.69, 9.17) is 0 Å². The van der Waals surface area contributed by atoms with Crippen molar-refractivity contribution in [3.63, 3.8) is 0 Å². The fraction of sp³-hybridized carbons (Fsp3) is 0.200. The van der Waals surface area contributed by atoms with Gasteiger partial charge in [0.1, 0.15) is 0 Å². The highest BCUT2D eigenvalue weighted by Gasteiger charge is 2.38. The Kier molecular flexibility index (Phi) is 4.15. The molecule has 0 aliphatic rings. The maximum Gasteiger partial charge on any atom is 0.471 e. The molecule has 9 heteroatoms. The molecule has 0 saturated heterocycles. The monoisotopic (exact) mass is 335 g/mol. The summed E-state index contributed by atoms with van der Waals surface area (Å²) in [7, 11) is 0. The van der Waals surface area contributed by atoms with Crippen molar-refractivity contribution in [1.29, 1.82) is 0 Å². The predicted molar refractivity (Wildman–Crippen MR) is 78.8 cm³/mol. The molecule has 2 heterocycles. The number of aromatic nitrogens is 4. The molecule has 0 amide bonds. The summed E-state index contributed by atoms with van der Waals surface area (Å²) in [5, 5.41) is 6.38. The summed E-state index contributed by atoms with van der Waals surface area (Å²) in [6, 6.07) is 9.66. The Morgan fingerprint density at radius 3 is 2.33 bits per heavy atom. The summed E-state index contributed by atoms with van der Waals surface area (Å²) in [4.78, 5) is 11.4. The fourth-order valence-corrected chi connectivity index (χ4v) is 1.99. The predicted octanol–water partition coefficient (Wildman–Crippen LogP) is 3.72. The number of nitrogens with one attached hydrogen (secondary N) is 1. The van der Waals surface area contributed by atoms with Crippen molar-refractivity contribution in [2.45, 2.75) is 19.1 Å². The minimum atomic E-state index is -4.68. The Hall–Kier alpha value is -2.97. The van der Waals surface area contributed by atoms with Crippen molar-refractivity contribution in [1.82, 2.24) is 20.1 Å². The highest BCUT2D eigenvalue weighted by Crippen LogP contribution is 2.29. The van der Waals surface area contributed by atoms with Gasteiger partial charge in [-0.3, -0.25) is 0 Å². The van der Waals surface area contributed by atoms with Crippen LogP contribution in [0.5, 0.6) is 0 Å². The van der Waals surface area contributed by atoms with Crippen LogP contribution in [0.25, 0.3) is 11.4 Å². The van der Waals surface area contributed by atoms with Crippen molar-refractivity contribution in [3.8, 4) is 11.4 Å².